The van der Waals surface area contributed by atoms with Crippen LogP contribution >= 0.6 is 11.6 Å². The molecule has 3 nitrogen and oxygen atoms in total. The first-order valence-electron chi connectivity index (χ1n) is 7.24. The number of benzene rings is 1. The van der Waals surface area contributed by atoms with Crippen LogP contribution in [0, 0.1) is 23.2 Å². The van der Waals surface area contributed by atoms with Gasteiger partial charge in [0, 0.05) is 18.2 Å². The van der Waals surface area contributed by atoms with E-state index >= 15 is 0 Å². The molecule has 0 heterocycles. The minimum absolute atomic E-state index is 0.296. The molecule has 2 rings (SSSR count). The highest BCUT2D eigenvalue weighted by Crippen LogP contribution is 2.29. The largest absolute Gasteiger partial charge is 0.396 e. The van der Waals surface area contributed by atoms with Crippen LogP contribution < -0.4 is 5.32 Å². The van der Waals surface area contributed by atoms with Crippen LogP contribution in [0.2, 0.25) is 5.02 Å². The second kappa shape index (κ2) is 7.64. The number of hydrogen-bond acceptors (Lipinski definition) is 3. The van der Waals surface area contributed by atoms with E-state index in [1.165, 1.54) is 19.3 Å². The molecule has 1 saturated carbocycles. The molecule has 0 bridgehead atoms. The number of hydrogen-bond donors (Lipinski definition) is 2. The second-order valence-corrected chi connectivity index (χ2v) is 5.94. The average Bonchev–Trinajstić information content (AvgIpc) is 2.49. The van der Waals surface area contributed by atoms with Gasteiger partial charge in [-0.1, -0.05) is 30.5 Å². The number of nitrogens with zero attached hydrogens (tertiary/aromatic N) is 1. The van der Waals surface area contributed by atoms with Crippen molar-refractivity contribution >= 4 is 11.6 Å². The van der Waals surface area contributed by atoms with Crippen molar-refractivity contribution in [1.82, 2.24) is 5.32 Å². The van der Waals surface area contributed by atoms with E-state index in [0.717, 1.165) is 18.5 Å². The van der Waals surface area contributed by atoms with Crippen LogP contribution in [0.4, 0.5) is 0 Å². The Morgan fingerprint density at radius 1 is 1.30 bits per heavy atom. The van der Waals surface area contributed by atoms with E-state index in [2.05, 4.69) is 11.4 Å². The molecule has 0 aliphatic heterocycles. The van der Waals surface area contributed by atoms with Crippen LogP contribution in [0.15, 0.2) is 18.2 Å². The average molecular weight is 293 g/mol. The maximum absolute atomic E-state index is 9.40. The summed E-state index contributed by atoms with van der Waals surface area (Å²) >= 11 is 6.15. The molecule has 1 aromatic carbocycles. The third kappa shape index (κ3) is 3.96. The second-order valence-electron chi connectivity index (χ2n) is 5.54. The number of rotatable bonds is 5. The van der Waals surface area contributed by atoms with Crippen LogP contribution in [-0.4, -0.2) is 18.3 Å². The number of aliphatic hydroxyl groups excluding tert-OH is 1. The van der Waals surface area contributed by atoms with Gasteiger partial charge < -0.3 is 10.4 Å². The summed E-state index contributed by atoms with van der Waals surface area (Å²) in [5.74, 6) is 0.999. The Bertz CT molecular complexity index is 484. The van der Waals surface area contributed by atoms with Crippen molar-refractivity contribution in [3.63, 3.8) is 0 Å². The lowest BCUT2D eigenvalue weighted by molar-refractivity contribution is 0.133. The zero-order valence-electron chi connectivity index (χ0n) is 11.6. The molecular formula is C16H21ClN2O. The van der Waals surface area contributed by atoms with E-state index < -0.39 is 0 Å². The minimum atomic E-state index is 0.296. The van der Waals surface area contributed by atoms with E-state index in [4.69, 9.17) is 16.9 Å². The maximum Gasteiger partial charge on any atom is 0.0992 e. The Kier molecular flexibility index (Phi) is 5.85. The number of aliphatic hydroxyl groups is 1. The highest BCUT2D eigenvalue weighted by Gasteiger charge is 2.23. The molecule has 0 radical (unpaired) electrons. The summed E-state index contributed by atoms with van der Waals surface area (Å²) in [5.41, 5.74) is 1.60. The van der Waals surface area contributed by atoms with Gasteiger partial charge in [0.2, 0.25) is 0 Å². The summed E-state index contributed by atoms with van der Waals surface area (Å²) in [6.07, 6.45) is 4.84. The highest BCUT2D eigenvalue weighted by atomic mass is 35.5. The Morgan fingerprint density at radius 2 is 2.05 bits per heavy atom. The first-order chi connectivity index (χ1) is 9.74. The van der Waals surface area contributed by atoms with Crippen LogP contribution in [0.1, 0.15) is 36.8 Å². The van der Waals surface area contributed by atoms with Gasteiger partial charge in [-0.15, -0.1) is 0 Å². The molecule has 1 aromatic rings. The quantitative estimate of drug-likeness (QED) is 0.877. The van der Waals surface area contributed by atoms with E-state index in [-0.39, 0.29) is 0 Å². The molecule has 20 heavy (non-hydrogen) atoms. The molecule has 4 heteroatoms. The fraction of sp³-hybridized carbons (Fsp3) is 0.562. The zero-order chi connectivity index (χ0) is 14.4. The molecule has 2 unspecified atom stereocenters. The van der Waals surface area contributed by atoms with E-state index in [9.17, 15) is 5.11 Å². The van der Waals surface area contributed by atoms with Crippen LogP contribution in [0.25, 0.3) is 0 Å². The zero-order valence-corrected chi connectivity index (χ0v) is 12.4. The Labute approximate surface area is 125 Å². The van der Waals surface area contributed by atoms with Crippen molar-refractivity contribution in [1.29, 1.82) is 5.26 Å². The van der Waals surface area contributed by atoms with Gasteiger partial charge in [0.05, 0.1) is 11.6 Å². The first-order valence-corrected chi connectivity index (χ1v) is 7.62. The van der Waals surface area contributed by atoms with Crippen molar-refractivity contribution in [2.24, 2.45) is 11.8 Å². The summed E-state index contributed by atoms with van der Waals surface area (Å²) in [7, 11) is 0. The SMILES string of the molecule is N#Cc1ccc(CNCC2CCCCC2CO)c(Cl)c1. The Hall–Kier alpha value is -1.08. The third-order valence-electron chi connectivity index (χ3n) is 4.21. The van der Waals surface area contributed by atoms with E-state index in [1.54, 1.807) is 12.1 Å². The number of nitrogens with one attached hydrogen (secondary N) is 1. The fourth-order valence-corrected chi connectivity index (χ4v) is 3.19. The van der Waals surface area contributed by atoms with Crippen molar-refractivity contribution in [3.05, 3.63) is 34.3 Å². The molecule has 0 amide bonds. The molecule has 2 atom stereocenters. The van der Waals surface area contributed by atoms with Gasteiger partial charge in [0.1, 0.15) is 0 Å². The predicted molar refractivity (Wildman–Crippen MR) is 80.4 cm³/mol. The number of halogens is 1. The maximum atomic E-state index is 9.40. The Morgan fingerprint density at radius 3 is 2.70 bits per heavy atom. The molecule has 1 fully saturated rings. The van der Waals surface area contributed by atoms with Gasteiger partial charge in [0.15, 0.2) is 0 Å². The monoisotopic (exact) mass is 292 g/mol. The molecule has 0 aromatic heterocycles. The molecule has 1 aliphatic carbocycles. The van der Waals surface area contributed by atoms with E-state index in [0.29, 0.717) is 35.6 Å². The molecule has 2 N–H and O–H groups in total. The minimum Gasteiger partial charge on any atom is -0.396 e. The Balaban J connectivity index is 1.85. The van der Waals surface area contributed by atoms with Gasteiger partial charge in [-0.25, -0.2) is 0 Å². The predicted octanol–water partition coefficient (Wildman–Crippen LogP) is 3.10. The van der Waals surface area contributed by atoms with Gasteiger partial charge in [0.25, 0.3) is 0 Å². The normalized spacial score (nSPS) is 22.4. The van der Waals surface area contributed by atoms with Crippen LogP contribution in [-0.2, 0) is 6.54 Å². The van der Waals surface area contributed by atoms with Crippen molar-refractivity contribution in [2.75, 3.05) is 13.2 Å². The molecule has 108 valence electrons. The molecule has 0 spiro atoms. The molecular weight excluding hydrogens is 272 g/mol. The van der Waals surface area contributed by atoms with E-state index in [1.807, 2.05) is 6.07 Å². The number of nitriles is 1. The van der Waals surface area contributed by atoms with Crippen LogP contribution in [0.3, 0.4) is 0 Å². The lowest BCUT2D eigenvalue weighted by atomic mass is 9.79. The van der Waals surface area contributed by atoms with Gasteiger partial charge in [-0.2, -0.15) is 5.26 Å². The van der Waals surface area contributed by atoms with Gasteiger partial charge in [-0.05, 0) is 48.9 Å². The topological polar surface area (TPSA) is 56.0 Å². The summed E-state index contributed by atoms with van der Waals surface area (Å²) in [5, 5.41) is 22.3. The lowest BCUT2D eigenvalue weighted by Gasteiger charge is -2.30. The van der Waals surface area contributed by atoms with Crippen molar-refractivity contribution in [3.8, 4) is 6.07 Å². The van der Waals surface area contributed by atoms with Crippen LogP contribution in [0.5, 0.6) is 0 Å². The summed E-state index contributed by atoms with van der Waals surface area (Å²) in [6.45, 7) is 1.92. The highest BCUT2D eigenvalue weighted by molar-refractivity contribution is 6.31. The third-order valence-corrected chi connectivity index (χ3v) is 4.56. The fourth-order valence-electron chi connectivity index (χ4n) is 2.95. The van der Waals surface area contributed by atoms with Crippen molar-refractivity contribution < 1.29 is 5.11 Å². The lowest BCUT2D eigenvalue weighted by Crippen LogP contribution is -2.32. The van der Waals surface area contributed by atoms with Crippen molar-refractivity contribution in [2.45, 2.75) is 32.2 Å². The first kappa shape index (κ1) is 15.3. The summed E-state index contributed by atoms with van der Waals surface area (Å²) in [4.78, 5) is 0. The summed E-state index contributed by atoms with van der Waals surface area (Å²) < 4.78 is 0. The molecule has 0 saturated heterocycles. The molecule has 1 aliphatic rings. The summed E-state index contributed by atoms with van der Waals surface area (Å²) in [6, 6.07) is 7.48. The van der Waals surface area contributed by atoms with Gasteiger partial charge in [-0.3, -0.25) is 0 Å². The standard InChI is InChI=1S/C16H21ClN2O/c17-16-7-12(8-18)5-6-14(16)10-19-9-13-3-1-2-4-15(13)11-20/h5-7,13,15,19-20H,1-4,9-11H2. The van der Waals surface area contributed by atoms with Gasteiger partial charge >= 0.3 is 0 Å². The smallest absolute Gasteiger partial charge is 0.0992 e.